The van der Waals surface area contributed by atoms with Gasteiger partial charge in [0.05, 0.1) is 18.1 Å². The molecule has 1 aromatic rings. The molecule has 2 unspecified atom stereocenters. The van der Waals surface area contributed by atoms with Crippen molar-refractivity contribution in [3.63, 3.8) is 0 Å². The van der Waals surface area contributed by atoms with Crippen molar-refractivity contribution in [3.8, 4) is 0 Å². The lowest BCUT2D eigenvalue weighted by Crippen LogP contribution is -2.42. The number of anilines is 1. The number of hydrogen-bond donors (Lipinski definition) is 1. The first-order chi connectivity index (χ1) is 10.0. The maximum atomic E-state index is 12.3. The van der Waals surface area contributed by atoms with Crippen molar-refractivity contribution < 1.29 is 14.3 Å². The van der Waals surface area contributed by atoms with Crippen LogP contribution in [0.5, 0.6) is 0 Å². The quantitative estimate of drug-likeness (QED) is 0.869. The van der Waals surface area contributed by atoms with Gasteiger partial charge < -0.3 is 14.8 Å². The molecule has 4 heteroatoms. The molecule has 1 N–H and O–H groups in total. The average Bonchev–Trinajstić information content (AvgIpc) is 2.97. The second kappa shape index (κ2) is 5.02. The van der Waals surface area contributed by atoms with E-state index in [1.54, 1.807) is 7.11 Å². The summed E-state index contributed by atoms with van der Waals surface area (Å²) in [6.07, 6.45) is 0.752. The van der Waals surface area contributed by atoms with Crippen LogP contribution in [0.1, 0.15) is 37.3 Å². The number of esters is 1. The zero-order chi connectivity index (χ0) is 15.2. The molecule has 1 aliphatic heterocycles. The van der Waals surface area contributed by atoms with Gasteiger partial charge in [0.2, 0.25) is 0 Å². The number of fused-ring (bicyclic) bond motifs is 3. The van der Waals surface area contributed by atoms with E-state index < -0.39 is 5.60 Å². The summed E-state index contributed by atoms with van der Waals surface area (Å²) < 4.78 is 11.1. The number of methoxy groups -OCH3 is 1. The normalized spacial score (nSPS) is 33.2. The fourth-order valence-corrected chi connectivity index (χ4v) is 4.08. The van der Waals surface area contributed by atoms with Crippen LogP contribution in [0.3, 0.4) is 0 Å². The van der Waals surface area contributed by atoms with Gasteiger partial charge in [-0.25, -0.2) is 0 Å². The average molecular weight is 289 g/mol. The topological polar surface area (TPSA) is 47.6 Å². The van der Waals surface area contributed by atoms with Crippen LogP contribution in [-0.4, -0.2) is 31.3 Å². The van der Waals surface area contributed by atoms with E-state index in [0.29, 0.717) is 6.61 Å². The number of rotatable bonds is 3. The predicted octanol–water partition coefficient (Wildman–Crippen LogP) is 2.86. The summed E-state index contributed by atoms with van der Waals surface area (Å²) in [6, 6.07) is 6.57. The van der Waals surface area contributed by atoms with Crippen LogP contribution in [0.4, 0.5) is 5.69 Å². The summed E-state index contributed by atoms with van der Waals surface area (Å²) in [7, 11) is 1.70. The van der Waals surface area contributed by atoms with E-state index in [9.17, 15) is 4.79 Å². The highest BCUT2D eigenvalue weighted by molar-refractivity contribution is 5.77. The molecule has 0 bridgehead atoms. The third kappa shape index (κ3) is 1.96. The molecule has 1 saturated carbocycles. The highest BCUT2D eigenvalue weighted by Crippen LogP contribution is 2.55. The van der Waals surface area contributed by atoms with Crippen LogP contribution in [0.25, 0.3) is 0 Å². The molecule has 4 nitrogen and oxygen atoms in total. The van der Waals surface area contributed by atoms with Gasteiger partial charge in [0, 0.05) is 24.8 Å². The minimum absolute atomic E-state index is 0.146. The van der Waals surface area contributed by atoms with E-state index in [1.807, 2.05) is 13.8 Å². The van der Waals surface area contributed by atoms with E-state index in [-0.39, 0.29) is 23.8 Å². The smallest absolute Gasteiger partial charge is 0.311 e. The molecule has 1 aliphatic carbocycles. The summed E-state index contributed by atoms with van der Waals surface area (Å²) in [4.78, 5) is 12.3. The zero-order valence-corrected chi connectivity index (χ0v) is 13.1. The van der Waals surface area contributed by atoms with Gasteiger partial charge in [0.25, 0.3) is 0 Å². The minimum Gasteiger partial charge on any atom is -0.466 e. The largest absolute Gasteiger partial charge is 0.466 e. The number of benzene rings is 1. The van der Waals surface area contributed by atoms with E-state index in [2.05, 4.69) is 30.4 Å². The molecule has 4 atom stereocenters. The van der Waals surface area contributed by atoms with Crippen molar-refractivity contribution in [3.05, 3.63) is 29.3 Å². The van der Waals surface area contributed by atoms with Crippen LogP contribution < -0.4 is 5.32 Å². The maximum Gasteiger partial charge on any atom is 0.311 e. The molecule has 0 aromatic heterocycles. The molecule has 0 spiro atoms. The number of carbonyl (C=O) groups excluding carboxylic acids is 1. The highest BCUT2D eigenvalue weighted by Gasteiger charge is 2.59. The highest BCUT2D eigenvalue weighted by atomic mass is 16.5. The summed E-state index contributed by atoms with van der Waals surface area (Å²) in [6.45, 7) is 6.40. The number of aryl methyl sites for hydroxylation is 1. The maximum absolute atomic E-state index is 12.3. The zero-order valence-electron chi connectivity index (χ0n) is 13.1. The molecule has 114 valence electrons. The fraction of sp³-hybridized carbons (Fsp3) is 0.588. The number of nitrogens with one attached hydrogen (secondary N) is 1. The Morgan fingerprint density at radius 2 is 2.24 bits per heavy atom. The second-order valence-corrected chi connectivity index (χ2v) is 6.20. The van der Waals surface area contributed by atoms with Crippen molar-refractivity contribution >= 4 is 11.7 Å². The molecule has 21 heavy (non-hydrogen) atoms. The van der Waals surface area contributed by atoms with E-state index in [4.69, 9.17) is 9.47 Å². The van der Waals surface area contributed by atoms with Crippen molar-refractivity contribution in [2.75, 3.05) is 19.0 Å². The standard InChI is InChI=1S/C17H23NO3/c1-5-21-16(19)12-9-13-14(17(12,3)20-4)11-8-6-7-10(2)15(11)18-13/h6-8,12-14,18H,5,9H2,1-4H3/t12?,13-,14-,17?/m1/s1. The van der Waals surface area contributed by atoms with Crippen molar-refractivity contribution in [2.45, 2.75) is 44.8 Å². The number of carbonyl (C=O) groups is 1. The molecule has 0 saturated heterocycles. The van der Waals surface area contributed by atoms with E-state index in [1.165, 1.54) is 16.8 Å². The van der Waals surface area contributed by atoms with E-state index >= 15 is 0 Å². The van der Waals surface area contributed by atoms with Crippen LogP contribution in [0, 0.1) is 12.8 Å². The fourth-order valence-electron chi connectivity index (χ4n) is 4.08. The molecular weight excluding hydrogens is 266 g/mol. The van der Waals surface area contributed by atoms with Gasteiger partial charge in [0.15, 0.2) is 0 Å². The van der Waals surface area contributed by atoms with Gasteiger partial charge in [-0.05, 0) is 38.3 Å². The first kappa shape index (κ1) is 14.4. The second-order valence-electron chi connectivity index (χ2n) is 6.20. The Morgan fingerprint density at radius 1 is 1.48 bits per heavy atom. The van der Waals surface area contributed by atoms with Crippen LogP contribution in [-0.2, 0) is 14.3 Å². The lowest BCUT2D eigenvalue weighted by molar-refractivity contribution is -0.157. The molecule has 0 radical (unpaired) electrons. The molecule has 1 heterocycles. The first-order valence-corrected chi connectivity index (χ1v) is 7.60. The molecule has 1 fully saturated rings. The summed E-state index contributed by atoms with van der Waals surface area (Å²) in [5, 5.41) is 3.59. The minimum atomic E-state index is -0.525. The summed E-state index contributed by atoms with van der Waals surface area (Å²) >= 11 is 0. The third-order valence-corrected chi connectivity index (χ3v) is 5.18. The van der Waals surface area contributed by atoms with Crippen molar-refractivity contribution in [1.82, 2.24) is 0 Å². The molecule has 0 amide bonds. The van der Waals surface area contributed by atoms with Crippen molar-refractivity contribution in [2.24, 2.45) is 5.92 Å². The summed E-state index contributed by atoms with van der Waals surface area (Å²) in [5.41, 5.74) is 3.19. The Bertz CT molecular complexity index is 571. The molecule has 2 aliphatic rings. The molecular formula is C17H23NO3. The van der Waals surface area contributed by atoms with Crippen LogP contribution in [0.15, 0.2) is 18.2 Å². The van der Waals surface area contributed by atoms with Gasteiger partial charge in [0.1, 0.15) is 0 Å². The van der Waals surface area contributed by atoms with Crippen LogP contribution >= 0.6 is 0 Å². The summed E-state index contributed by atoms with van der Waals surface area (Å²) in [5.74, 6) is -0.183. The third-order valence-electron chi connectivity index (χ3n) is 5.18. The Kier molecular flexibility index (Phi) is 3.44. The number of hydrogen-bond acceptors (Lipinski definition) is 4. The Labute approximate surface area is 125 Å². The predicted molar refractivity (Wildman–Crippen MR) is 81.5 cm³/mol. The van der Waals surface area contributed by atoms with E-state index in [0.717, 1.165) is 6.42 Å². The molecule has 1 aromatic carbocycles. The van der Waals surface area contributed by atoms with Crippen LogP contribution in [0.2, 0.25) is 0 Å². The monoisotopic (exact) mass is 289 g/mol. The lowest BCUT2D eigenvalue weighted by atomic mass is 9.81. The Morgan fingerprint density at radius 3 is 2.90 bits per heavy atom. The molecule has 3 rings (SSSR count). The first-order valence-electron chi connectivity index (χ1n) is 7.60. The van der Waals surface area contributed by atoms with Gasteiger partial charge in [-0.2, -0.15) is 0 Å². The van der Waals surface area contributed by atoms with Gasteiger partial charge in [-0.3, -0.25) is 4.79 Å². The Hall–Kier alpha value is -1.55. The van der Waals surface area contributed by atoms with Gasteiger partial charge >= 0.3 is 5.97 Å². The number of ether oxygens (including phenoxy) is 2. The number of para-hydroxylation sites is 1. The lowest BCUT2D eigenvalue weighted by Gasteiger charge is -2.34. The Balaban J connectivity index is 2.00. The SMILES string of the molecule is CCOC(=O)C1C[C@H]2Nc3c(C)cccc3[C@H]2C1(C)OC. The van der Waals surface area contributed by atoms with Crippen molar-refractivity contribution in [1.29, 1.82) is 0 Å². The van der Waals surface area contributed by atoms with Gasteiger partial charge in [-0.15, -0.1) is 0 Å². The van der Waals surface area contributed by atoms with Gasteiger partial charge in [-0.1, -0.05) is 18.2 Å².